The lowest BCUT2D eigenvalue weighted by Crippen LogP contribution is -2.59. The van der Waals surface area contributed by atoms with E-state index in [9.17, 15) is 4.79 Å². The summed E-state index contributed by atoms with van der Waals surface area (Å²) >= 11 is 0. The van der Waals surface area contributed by atoms with E-state index < -0.39 is 0 Å². The number of para-hydroxylation sites is 1. The number of amides is 1. The standard InChI is InChI=1S/C26H27N3O2/c1-3-12-28-13-14-29-21(26(28)30)15-19-22-18-6-4-5-7-20(18)27-24(22)23(19)25(29)16-8-10-17(31-2)11-9-16/h4-11,21,25,27H,3,12-15H2,1-2H3/t21-,25+/m0/s1. The van der Waals surface area contributed by atoms with Gasteiger partial charge in [-0.25, -0.2) is 0 Å². The van der Waals surface area contributed by atoms with Crippen LogP contribution < -0.4 is 4.74 Å². The Labute approximate surface area is 182 Å². The molecule has 0 radical (unpaired) electrons. The van der Waals surface area contributed by atoms with E-state index in [1.165, 1.54) is 38.9 Å². The molecule has 0 saturated carbocycles. The van der Waals surface area contributed by atoms with Gasteiger partial charge in [0.1, 0.15) is 5.75 Å². The first kappa shape index (κ1) is 18.7. The molecule has 1 aromatic heterocycles. The van der Waals surface area contributed by atoms with Gasteiger partial charge in [-0.1, -0.05) is 37.3 Å². The van der Waals surface area contributed by atoms with Crippen LogP contribution in [0.15, 0.2) is 48.5 Å². The highest BCUT2D eigenvalue weighted by molar-refractivity contribution is 6.15. The third-order valence-electron chi connectivity index (χ3n) is 7.16. The zero-order valence-corrected chi connectivity index (χ0v) is 18.0. The van der Waals surface area contributed by atoms with Crippen LogP contribution in [0.5, 0.6) is 5.75 Å². The molecule has 1 amide bonds. The van der Waals surface area contributed by atoms with Crippen molar-refractivity contribution in [1.29, 1.82) is 0 Å². The van der Waals surface area contributed by atoms with Crippen molar-refractivity contribution in [2.24, 2.45) is 0 Å². The monoisotopic (exact) mass is 413 g/mol. The number of nitrogens with zero attached hydrogens (tertiary/aromatic N) is 2. The Morgan fingerprint density at radius 3 is 2.68 bits per heavy atom. The summed E-state index contributed by atoms with van der Waals surface area (Å²) in [5.74, 6) is 1.14. The van der Waals surface area contributed by atoms with Crippen molar-refractivity contribution in [1.82, 2.24) is 14.8 Å². The molecule has 0 spiro atoms. The van der Waals surface area contributed by atoms with Crippen LogP contribution in [-0.4, -0.2) is 53.5 Å². The fourth-order valence-corrected chi connectivity index (χ4v) is 5.76. The normalized spacial score (nSPS) is 22.8. The minimum Gasteiger partial charge on any atom is -0.497 e. The van der Waals surface area contributed by atoms with Gasteiger partial charge in [0.15, 0.2) is 0 Å². The number of H-pyrrole nitrogens is 1. The number of rotatable bonds is 4. The van der Waals surface area contributed by atoms with E-state index in [1.807, 2.05) is 12.1 Å². The van der Waals surface area contributed by atoms with Crippen LogP contribution >= 0.6 is 0 Å². The Balaban J connectivity index is 1.48. The summed E-state index contributed by atoms with van der Waals surface area (Å²) in [6, 6.07) is 16.9. The Morgan fingerprint density at radius 2 is 1.90 bits per heavy atom. The third kappa shape index (κ3) is 2.62. The van der Waals surface area contributed by atoms with Gasteiger partial charge in [-0.2, -0.15) is 0 Å². The number of methoxy groups -OCH3 is 1. The number of fused-ring (bicyclic) bond motifs is 6. The van der Waals surface area contributed by atoms with E-state index in [1.54, 1.807) is 7.11 Å². The largest absolute Gasteiger partial charge is 0.497 e. The van der Waals surface area contributed by atoms with E-state index in [0.29, 0.717) is 0 Å². The topological polar surface area (TPSA) is 48.6 Å². The molecule has 2 aromatic carbocycles. The first-order valence-electron chi connectivity index (χ1n) is 11.2. The van der Waals surface area contributed by atoms with Crippen molar-refractivity contribution in [3.05, 3.63) is 65.4 Å². The minimum atomic E-state index is -0.0898. The van der Waals surface area contributed by atoms with Crippen molar-refractivity contribution in [2.45, 2.75) is 31.8 Å². The zero-order valence-electron chi connectivity index (χ0n) is 18.0. The van der Waals surface area contributed by atoms with Crippen molar-refractivity contribution in [3.63, 3.8) is 0 Å². The highest BCUT2D eigenvalue weighted by Crippen LogP contribution is 2.57. The number of hydrogen-bond donors (Lipinski definition) is 1. The van der Waals surface area contributed by atoms with Gasteiger partial charge >= 0.3 is 0 Å². The van der Waals surface area contributed by atoms with Gasteiger partial charge in [0.2, 0.25) is 5.91 Å². The van der Waals surface area contributed by atoms with Gasteiger partial charge in [-0.3, -0.25) is 9.69 Å². The first-order chi connectivity index (χ1) is 15.2. The van der Waals surface area contributed by atoms with E-state index in [4.69, 9.17) is 4.74 Å². The molecule has 0 bridgehead atoms. The molecular weight excluding hydrogens is 386 g/mol. The number of benzene rings is 2. The second kappa shape index (κ2) is 6.99. The Morgan fingerprint density at radius 1 is 1.10 bits per heavy atom. The second-order valence-electron chi connectivity index (χ2n) is 8.77. The first-order valence-corrected chi connectivity index (χ1v) is 11.2. The van der Waals surface area contributed by atoms with E-state index in [0.717, 1.165) is 38.2 Å². The lowest BCUT2D eigenvalue weighted by molar-refractivity contribution is -0.142. The van der Waals surface area contributed by atoms with Crippen molar-refractivity contribution < 1.29 is 9.53 Å². The van der Waals surface area contributed by atoms with Crippen LogP contribution in [0.25, 0.3) is 22.0 Å². The predicted octanol–water partition coefficient (Wildman–Crippen LogP) is 4.47. The fourth-order valence-electron chi connectivity index (χ4n) is 5.76. The summed E-state index contributed by atoms with van der Waals surface area (Å²) in [4.78, 5) is 21.6. The summed E-state index contributed by atoms with van der Waals surface area (Å²) in [6.07, 6.45) is 1.80. The van der Waals surface area contributed by atoms with Crippen LogP contribution in [0, 0.1) is 0 Å². The maximum Gasteiger partial charge on any atom is 0.240 e. The number of nitrogens with one attached hydrogen (secondary N) is 1. The average molecular weight is 414 g/mol. The summed E-state index contributed by atoms with van der Waals surface area (Å²) in [5, 5.41) is 1.27. The van der Waals surface area contributed by atoms with Crippen molar-refractivity contribution in [2.75, 3.05) is 26.7 Å². The molecule has 31 heavy (non-hydrogen) atoms. The summed E-state index contributed by atoms with van der Waals surface area (Å²) < 4.78 is 5.39. The van der Waals surface area contributed by atoms with Gasteiger partial charge in [0.05, 0.1) is 24.9 Å². The molecule has 1 saturated heterocycles. The lowest BCUT2D eigenvalue weighted by Gasteiger charge is -2.51. The fraction of sp³-hybridized carbons (Fsp3) is 0.346. The molecule has 3 aromatic rings. The van der Waals surface area contributed by atoms with E-state index in [-0.39, 0.29) is 18.0 Å². The molecule has 2 aliphatic heterocycles. The molecule has 5 heteroatoms. The maximum atomic E-state index is 13.5. The van der Waals surface area contributed by atoms with Gasteiger partial charge in [0, 0.05) is 41.7 Å². The summed E-state index contributed by atoms with van der Waals surface area (Å²) in [6.45, 7) is 4.70. The van der Waals surface area contributed by atoms with Crippen LogP contribution in [-0.2, 0) is 4.79 Å². The van der Waals surface area contributed by atoms with Gasteiger partial charge in [-0.15, -0.1) is 0 Å². The molecule has 1 aliphatic carbocycles. The summed E-state index contributed by atoms with van der Waals surface area (Å²) in [7, 11) is 1.70. The Hall–Kier alpha value is -3.05. The molecule has 6 rings (SSSR count). The molecule has 2 atom stereocenters. The van der Waals surface area contributed by atoms with Crippen LogP contribution in [0.2, 0.25) is 0 Å². The predicted molar refractivity (Wildman–Crippen MR) is 123 cm³/mol. The SMILES string of the molecule is CCCN1CCN2[C@@H](CC3=C(c4[nH]c5ccccc5c43)[C@H]2c2ccc(OC)cc2)C1=O. The molecule has 0 unspecified atom stereocenters. The molecule has 1 N–H and O–H groups in total. The summed E-state index contributed by atoms with van der Waals surface area (Å²) in [5.41, 5.74) is 7.69. The Kier molecular flexibility index (Phi) is 4.22. The zero-order chi connectivity index (χ0) is 21.1. The highest BCUT2D eigenvalue weighted by atomic mass is 16.5. The number of carbonyl (C=O) groups excluding carboxylic acids is 1. The van der Waals surface area contributed by atoms with Crippen LogP contribution in [0.4, 0.5) is 0 Å². The van der Waals surface area contributed by atoms with Crippen molar-refractivity contribution >= 4 is 28.0 Å². The van der Waals surface area contributed by atoms with Gasteiger partial charge < -0.3 is 14.6 Å². The number of aromatic nitrogens is 1. The van der Waals surface area contributed by atoms with Crippen molar-refractivity contribution in [3.8, 4) is 5.75 Å². The molecule has 1 fully saturated rings. The highest BCUT2D eigenvalue weighted by Gasteiger charge is 2.49. The molecule has 3 heterocycles. The average Bonchev–Trinajstić information content (AvgIpc) is 3.13. The van der Waals surface area contributed by atoms with E-state index >= 15 is 0 Å². The number of carbonyl (C=O) groups is 1. The van der Waals surface area contributed by atoms with Gasteiger partial charge in [0.25, 0.3) is 0 Å². The quantitative estimate of drug-likeness (QED) is 0.687. The molecule has 158 valence electrons. The second-order valence-corrected chi connectivity index (χ2v) is 8.77. The maximum absolute atomic E-state index is 13.5. The number of piperazine rings is 1. The van der Waals surface area contributed by atoms with Crippen LogP contribution in [0.1, 0.15) is 42.6 Å². The molecule has 3 aliphatic rings. The number of aromatic amines is 1. The minimum absolute atomic E-state index is 0.0898. The van der Waals surface area contributed by atoms with Gasteiger partial charge in [-0.05, 0) is 42.2 Å². The molecule has 5 nitrogen and oxygen atoms in total. The van der Waals surface area contributed by atoms with Crippen LogP contribution in [0.3, 0.4) is 0 Å². The Bertz CT molecular complexity index is 1210. The third-order valence-corrected chi connectivity index (χ3v) is 7.16. The number of hydrogen-bond acceptors (Lipinski definition) is 3. The lowest BCUT2D eigenvalue weighted by atomic mass is 9.71. The smallest absolute Gasteiger partial charge is 0.240 e. The van der Waals surface area contributed by atoms with E-state index in [2.05, 4.69) is 58.1 Å². The molecular formula is C26H27N3O2. The number of ether oxygens (including phenoxy) is 1.